The third kappa shape index (κ3) is 3.53. The van der Waals surface area contributed by atoms with Crippen LogP contribution in [0.1, 0.15) is 61.5 Å². The van der Waals surface area contributed by atoms with Crippen molar-refractivity contribution in [3.63, 3.8) is 0 Å². The van der Waals surface area contributed by atoms with Crippen LogP contribution < -0.4 is 5.73 Å². The average molecular weight is 232 g/mol. The molecule has 1 aromatic rings. The van der Waals surface area contributed by atoms with Gasteiger partial charge in [-0.3, -0.25) is 4.98 Å². The van der Waals surface area contributed by atoms with Gasteiger partial charge in [-0.25, -0.2) is 0 Å². The SMILES string of the molecule is Cc1cc(C(N)CC2CCCCC2)cc(C)n1. The van der Waals surface area contributed by atoms with Crippen molar-refractivity contribution in [2.45, 2.75) is 58.4 Å². The molecule has 1 aliphatic rings. The molecule has 2 heteroatoms. The largest absolute Gasteiger partial charge is 0.324 e. The molecule has 0 aliphatic heterocycles. The van der Waals surface area contributed by atoms with Crippen molar-refractivity contribution in [1.82, 2.24) is 4.98 Å². The highest BCUT2D eigenvalue weighted by atomic mass is 14.7. The van der Waals surface area contributed by atoms with Crippen molar-refractivity contribution in [3.8, 4) is 0 Å². The molecular weight excluding hydrogens is 208 g/mol. The number of aromatic nitrogens is 1. The lowest BCUT2D eigenvalue weighted by Crippen LogP contribution is -2.17. The Morgan fingerprint density at radius 2 is 1.76 bits per heavy atom. The van der Waals surface area contributed by atoms with E-state index in [0.29, 0.717) is 0 Å². The average Bonchev–Trinajstić information content (AvgIpc) is 2.29. The minimum Gasteiger partial charge on any atom is -0.324 e. The molecule has 1 saturated carbocycles. The highest BCUT2D eigenvalue weighted by Crippen LogP contribution is 2.31. The van der Waals surface area contributed by atoms with Crippen LogP contribution in [0.5, 0.6) is 0 Å². The monoisotopic (exact) mass is 232 g/mol. The van der Waals surface area contributed by atoms with Crippen molar-refractivity contribution in [2.75, 3.05) is 0 Å². The zero-order valence-corrected chi connectivity index (χ0v) is 11.1. The zero-order valence-electron chi connectivity index (χ0n) is 11.1. The van der Waals surface area contributed by atoms with Crippen LogP contribution >= 0.6 is 0 Å². The lowest BCUT2D eigenvalue weighted by Gasteiger charge is -2.25. The second kappa shape index (κ2) is 5.63. The van der Waals surface area contributed by atoms with Gasteiger partial charge in [0.05, 0.1) is 0 Å². The Balaban J connectivity index is 2.00. The minimum atomic E-state index is 0.193. The van der Waals surface area contributed by atoms with E-state index in [-0.39, 0.29) is 6.04 Å². The summed E-state index contributed by atoms with van der Waals surface area (Å²) in [5.41, 5.74) is 9.77. The van der Waals surface area contributed by atoms with E-state index in [9.17, 15) is 0 Å². The second-order valence-corrected chi connectivity index (χ2v) is 5.53. The fourth-order valence-corrected chi connectivity index (χ4v) is 3.00. The summed E-state index contributed by atoms with van der Waals surface area (Å²) < 4.78 is 0. The first-order valence-electron chi connectivity index (χ1n) is 6.86. The molecule has 1 aromatic heterocycles. The number of hydrogen-bond donors (Lipinski definition) is 1. The molecule has 1 aliphatic carbocycles. The first-order chi connectivity index (χ1) is 8.15. The van der Waals surface area contributed by atoms with Gasteiger partial charge in [0.15, 0.2) is 0 Å². The van der Waals surface area contributed by atoms with Crippen LogP contribution in [0.25, 0.3) is 0 Å². The van der Waals surface area contributed by atoms with Gasteiger partial charge in [-0.15, -0.1) is 0 Å². The third-order valence-electron chi connectivity index (χ3n) is 3.84. The molecule has 1 unspecified atom stereocenters. The van der Waals surface area contributed by atoms with E-state index in [4.69, 9.17) is 5.73 Å². The van der Waals surface area contributed by atoms with E-state index in [1.165, 1.54) is 37.7 Å². The van der Waals surface area contributed by atoms with Crippen molar-refractivity contribution in [1.29, 1.82) is 0 Å². The Morgan fingerprint density at radius 3 is 2.35 bits per heavy atom. The molecule has 0 radical (unpaired) electrons. The Labute approximate surface area is 105 Å². The van der Waals surface area contributed by atoms with Crippen molar-refractivity contribution in [3.05, 3.63) is 29.1 Å². The smallest absolute Gasteiger partial charge is 0.0379 e. The summed E-state index contributed by atoms with van der Waals surface area (Å²) in [5, 5.41) is 0. The van der Waals surface area contributed by atoms with Gasteiger partial charge in [-0.05, 0) is 43.9 Å². The molecule has 1 fully saturated rings. The molecule has 2 N–H and O–H groups in total. The van der Waals surface area contributed by atoms with Crippen molar-refractivity contribution >= 4 is 0 Å². The molecule has 0 bridgehead atoms. The molecule has 1 heterocycles. The van der Waals surface area contributed by atoms with Crippen LogP contribution in [0.15, 0.2) is 12.1 Å². The summed E-state index contributed by atoms with van der Waals surface area (Å²) in [5.74, 6) is 0.840. The topological polar surface area (TPSA) is 38.9 Å². The first-order valence-corrected chi connectivity index (χ1v) is 6.86. The van der Waals surface area contributed by atoms with Gasteiger partial charge in [-0.1, -0.05) is 32.1 Å². The van der Waals surface area contributed by atoms with E-state index in [2.05, 4.69) is 17.1 Å². The van der Waals surface area contributed by atoms with Gasteiger partial charge in [0.1, 0.15) is 0 Å². The maximum atomic E-state index is 6.34. The molecule has 2 nitrogen and oxygen atoms in total. The van der Waals surface area contributed by atoms with Gasteiger partial charge in [0, 0.05) is 17.4 Å². The fourth-order valence-electron chi connectivity index (χ4n) is 3.00. The number of nitrogens with zero attached hydrogens (tertiary/aromatic N) is 1. The summed E-state index contributed by atoms with van der Waals surface area (Å²) in [6.45, 7) is 4.09. The first kappa shape index (κ1) is 12.6. The Kier molecular flexibility index (Phi) is 4.16. The van der Waals surface area contributed by atoms with Gasteiger partial charge in [-0.2, -0.15) is 0 Å². The van der Waals surface area contributed by atoms with Gasteiger partial charge in [0.25, 0.3) is 0 Å². The minimum absolute atomic E-state index is 0.193. The van der Waals surface area contributed by atoms with E-state index in [1.54, 1.807) is 0 Å². The summed E-state index contributed by atoms with van der Waals surface area (Å²) in [7, 11) is 0. The number of pyridine rings is 1. The normalized spacial score (nSPS) is 19.2. The van der Waals surface area contributed by atoms with E-state index in [1.807, 2.05) is 13.8 Å². The van der Waals surface area contributed by atoms with Crippen LogP contribution in [0.2, 0.25) is 0 Å². The predicted octanol–water partition coefficient (Wildman–Crippen LogP) is 3.67. The summed E-state index contributed by atoms with van der Waals surface area (Å²) in [6, 6.07) is 4.47. The zero-order chi connectivity index (χ0) is 12.3. The van der Waals surface area contributed by atoms with E-state index >= 15 is 0 Å². The highest BCUT2D eigenvalue weighted by molar-refractivity contribution is 5.23. The summed E-state index contributed by atoms with van der Waals surface area (Å²) in [6.07, 6.45) is 8.09. The summed E-state index contributed by atoms with van der Waals surface area (Å²) >= 11 is 0. The second-order valence-electron chi connectivity index (χ2n) is 5.53. The standard InChI is InChI=1S/C15H24N2/c1-11-8-14(9-12(2)17-11)15(16)10-13-6-4-3-5-7-13/h8-9,13,15H,3-7,10,16H2,1-2H3. The molecule has 2 rings (SSSR count). The molecule has 0 amide bonds. The highest BCUT2D eigenvalue weighted by Gasteiger charge is 2.18. The molecular formula is C15H24N2. The van der Waals surface area contributed by atoms with Crippen LogP contribution in [0.3, 0.4) is 0 Å². The number of hydrogen-bond acceptors (Lipinski definition) is 2. The molecule has 0 spiro atoms. The summed E-state index contributed by atoms with van der Waals surface area (Å²) in [4.78, 5) is 4.41. The van der Waals surface area contributed by atoms with E-state index < -0.39 is 0 Å². The van der Waals surface area contributed by atoms with Crippen molar-refractivity contribution < 1.29 is 0 Å². The Morgan fingerprint density at radius 1 is 1.18 bits per heavy atom. The van der Waals surface area contributed by atoms with Crippen LogP contribution in [-0.2, 0) is 0 Å². The number of nitrogens with two attached hydrogens (primary N) is 1. The molecule has 0 aromatic carbocycles. The molecule has 1 atom stereocenters. The van der Waals surface area contributed by atoms with Crippen molar-refractivity contribution in [2.24, 2.45) is 11.7 Å². The maximum absolute atomic E-state index is 6.34. The van der Waals surface area contributed by atoms with Crippen LogP contribution in [0, 0.1) is 19.8 Å². The fraction of sp³-hybridized carbons (Fsp3) is 0.667. The third-order valence-corrected chi connectivity index (χ3v) is 3.84. The van der Waals surface area contributed by atoms with Crippen LogP contribution in [0.4, 0.5) is 0 Å². The predicted molar refractivity (Wildman–Crippen MR) is 71.8 cm³/mol. The Hall–Kier alpha value is -0.890. The lowest BCUT2D eigenvalue weighted by atomic mass is 9.83. The van der Waals surface area contributed by atoms with Gasteiger partial charge >= 0.3 is 0 Å². The number of rotatable bonds is 3. The molecule has 94 valence electrons. The molecule has 0 saturated heterocycles. The van der Waals surface area contributed by atoms with E-state index in [0.717, 1.165) is 23.7 Å². The molecule has 17 heavy (non-hydrogen) atoms. The van der Waals surface area contributed by atoms with Crippen LogP contribution in [-0.4, -0.2) is 4.98 Å². The number of aryl methyl sites for hydroxylation is 2. The maximum Gasteiger partial charge on any atom is 0.0379 e. The van der Waals surface area contributed by atoms with Gasteiger partial charge < -0.3 is 5.73 Å². The quantitative estimate of drug-likeness (QED) is 0.863. The Bertz CT molecular complexity index is 347. The van der Waals surface area contributed by atoms with Gasteiger partial charge in [0.2, 0.25) is 0 Å². The lowest BCUT2D eigenvalue weighted by molar-refractivity contribution is 0.319.